The highest BCUT2D eigenvalue weighted by molar-refractivity contribution is 6.03. The Morgan fingerprint density at radius 1 is 1.03 bits per heavy atom. The Labute approximate surface area is 172 Å². The number of benzene rings is 2. The summed E-state index contributed by atoms with van der Waals surface area (Å²) in [4.78, 5) is 27.2. The van der Waals surface area contributed by atoms with Gasteiger partial charge in [0.1, 0.15) is 0 Å². The summed E-state index contributed by atoms with van der Waals surface area (Å²) in [5.74, 6) is -0.556. The highest BCUT2D eigenvalue weighted by Crippen LogP contribution is 2.30. The molecule has 3 rings (SSSR count). The number of piperidine rings is 1. The van der Waals surface area contributed by atoms with Crippen molar-refractivity contribution in [2.24, 2.45) is 5.92 Å². The van der Waals surface area contributed by atoms with Crippen LogP contribution < -0.4 is 15.4 Å². The van der Waals surface area contributed by atoms with E-state index in [-0.39, 0.29) is 17.4 Å². The van der Waals surface area contributed by atoms with E-state index in [1.54, 1.807) is 24.3 Å². The number of anilines is 2. The van der Waals surface area contributed by atoms with Gasteiger partial charge in [0.25, 0.3) is 0 Å². The van der Waals surface area contributed by atoms with E-state index in [2.05, 4.69) is 20.3 Å². The number of likely N-dealkylation sites (tertiary alicyclic amines) is 1. The third-order valence-corrected chi connectivity index (χ3v) is 4.86. The van der Waals surface area contributed by atoms with Crippen LogP contribution in [-0.2, 0) is 0 Å². The first-order valence-electron chi connectivity index (χ1n) is 9.47. The number of rotatable bonds is 5. The number of halogens is 3. The van der Waals surface area contributed by atoms with Gasteiger partial charge in [0.15, 0.2) is 11.5 Å². The number of nitrogens with zero attached hydrogens (tertiary/aromatic N) is 1. The minimum absolute atomic E-state index is 0.0241. The van der Waals surface area contributed by atoms with Gasteiger partial charge in [-0.2, -0.15) is 0 Å². The summed E-state index contributed by atoms with van der Waals surface area (Å²) in [6, 6.07) is 11.0. The van der Waals surface area contributed by atoms with Gasteiger partial charge in [0.05, 0.1) is 5.69 Å². The Morgan fingerprint density at radius 3 is 2.43 bits per heavy atom. The summed E-state index contributed by atoms with van der Waals surface area (Å²) in [7, 11) is 2.02. The Morgan fingerprint density at radius 2 is 1.73 bits per heavy atom. The first-order valence-corrected chi connectivity index (χ1v) is 9.47. The molecular weight excluding hydrogens is 399 g/mol. The minimum atomic E-state index is -4.88. The van der Waals surface area contributed by atoms with Gasteiger partial charge in [-0.1, -0.05) is 24.3 Å². The average molecular weight is 421 g/mol. The fourth-order valence-corrected chi connectivity index (χ4v) is 3.32. The molecule has 30 heavy (non-hydrogen) atoms. The zero-order valence-electron chi connectivity index (χ0n) is 16.3. The van der Waals surface area contributed by atoms with Crippen LogP contribution in [0, 0.1) is 5.92 Å². The third kappa shape index (κ3) is 5.96. The van der Waals surface area contributed by atoms with Crippen LogP contribution in [0.25, 0.3) is 0 Å². The Bertz CT molecular complexity index is 910. The van der Waals surface area contributed by atoms with E-state index in [9.17, 15) is 22.8 Å². The molecule has 2 N–H and O–H groups in total. The lowest BCUT2D eigenvalue weighted by Crippen LogP contribution is -2.33. The van der Waals surface area contributed by atoms with Crippen LogP contribution in [-0.4, -0.2) is 43.2 Å². The van der Waals surface area contributed by atoms with Gasteiger partial charge in [0, 0.05) is 17.2 Å². The second kappa shape index (κ2) is 9.17. The summed E-state index contributed by atoms with van der Waals surface area (Å²) in [5, 5.41) is 4.87. The molecule has 2 amide bonds. The molecule has 160 valence electrons. The number of carbonyl (C=O) groups is 2. The Balaban J connectivity index is 1.65. The van der Waals surface area contributed by atoms with Gasteiger partial charge in [-0.25, -0.2) is 4.79 Å². The predicted octanol–water partition coefficient (Wildman–Crippen LogP) is 4.75. The molecule has 1 aliphatic rings. The molecule has 0 spiro atoms. The lowest BCUT2D eigenvalue weighted by atomic mass is 9.89. The highest BCUT2D eigenvalue weighted by Gasteiger charge is 2.32. The van der Waals surface area contributed by atoms with E-state index >= 15 is 0 Å². The highest BCUT2D eigenvalue weighted by atomic mass is 19.4. The second-order valence-corrected chi connectivity index (χ2v) is 7.15. The van der Waals surface area contributed by atoms with Crippen molar-refractivity contribution >= 4 is 23.2 Å². The molecule has 0 saturated carbocycles. The molecule has 6 nitrogen and oxygen atoms in total. The van der Waals surface area contributed by atoms with Crippen molar-refractivity contribution in [3.05, 3.63) is 54.1 Å². The van der Waals surface area contributed by atoms with Crippen LogP contribution in [0.4, 0.5) is 29.3 Å². The number of carbonyl (C=O) groups excluding carboxylic acids is 2. The van der Waals surface area contributed by atoms with E-state index in [4.69, 9.17) is 0 Å². The number of nitrogens with one attached hydrogen (secondary N) is 2. The van der Waals surface area contributed by atoms with E-state index < -0.39 is 18.1 Å². The molecule has 0 radical (unpaired) electrons. The van der Waals surface area contributed by atoms with Crippen LogP contribution in [0.5, 0.6) is 5.75 Å². The topological polar surface area (TPSA) is 70.7 Å². The summed E-state index contributed by atoms with van der Waals surface area (Å²) in [5.41, 5.74) is 0.717. The molecule has 1 aliphatic heterocycles. The largest absolute Gasteiger partial charge is 0.573 e. The molecule has 2 aromatic carbocycles. The molecule has 1 saturated heterocycles. The maximum atomic E-state index is 12.7. The van der Waals surface area contributed by atoms with Crippen molar-refractivity contribution in [2.45, 2.75) is 19.2 Å². The molecule has 0 aliphatic carbocycles. The van der Waals surface area contributed by atoms with Crippen LogP contribution in [0.1, 0.15) is 23.2 Å². The fourth-order valence-electron chi connectivity index (χ4n) is 3.32. The van der Waals surface area contributed by atoms with Crippen molar-refractivity contribution in [3.63, 3.8) is 0 Å². The molecule has 0 unspecified atom stereocenters. The number of alkyl halides is 3. The molecule has 1 heterocycles. The zero-order chi connectivity index (χ0) is 21.7. The van der Waals surface area contributed by atoms with Crippen molar-refractivity contribution in [1.82, 2.24) is 4.90 Å². The van der Waals surface area contributed by atoms with E-state index in [0.29, 0.717) is 11.3 Å². The van der Waals surface area contributed by atoms with Gasteiger partial charge in [-0.3, -0.25) is 4.79 Å². The zero-order valence-corrected chi connectivity index (χ0v) is 16.3. The second-order valence-electron chi connectivity index (χ2n) is 7.15. The smallest absolute Gasteiger partial charge is 0.404 e. The van der Waals surface area contributed by atoms with Gasteiger partial charge >= 0.3 is 12.4 Å². The lowest BCUT2D eigenvalue weighted by Gasteiger charge is -2.28. The maximum Gasteiger partial charge on any atom is 0.573 e. The first kappa shape index (κ1) is 21.6. The van der Waals surface area contributed by atoms with Gasteiger partial charge < -0.3 is 20.3 Å². The van der Waals surface area contributed by atoms with E-state index in [1.165, 1.54) is 18.2 Å². The number of para-hydroxylation sites is 2. The molecule has 9 heteroatoms. The van der Waals surface area contributed by atoms with Crippen LogP contribution in [0.3, 0.4) is 0 Å². The van der Waals surface area contributed by atoms with Crippen molar-refractivity contribution in [1.29, 1.82) is 0 Å². The first-order chi connectivity index (χ1) is 14.2. The maximum absolute atomic E-state index is 12.7. The standard InChI is InChI=1S/C21H22F3N3O3/c1-27-11-9-14(10-12-27)19(28)15-5-4-6-16(13-15)25-20(29)26-17-7-2-3-8-18(17)30-21(22,23)24/h2-8,13-14H,9-12H2,1H3,(H2,25,26,29). The number of ether oxygens (including phenoxy) is 1. The summed E-state index contributed by atoms with van der Waals surface area (Å²) < 4.78 is 41.5. The summed E-state index contributed by atoms with van der Waals surface area (Å²) in [6.45, 7) is 1.71. The van der Waals surface area contributed by atoms with Gasteiger partial charge in [0.2, 0.25) is 0 Å². The summed E-state index contributed by atoms with van der Waals surface area (Å²) >= 11 is 0. The van der Waals surface area contributed by atoms with Gasteiger partial charge in [-0.15, -0.1) is 13.2 Å². The number of amides is 2. The minimum Gasteiger partial charge on any atom is -0.404 e. The SMILES string of the molecule is CN1CCC(C(=O)c2cccc(NC(=O)Nc3ccccc3OC(F)(F)F)c2)CC1. The number of hydrogen-bond donors (Lipinski definition) is 2. The number of urea groups is 1. The summed E-state index contributed by atoms with van der Waals surface area (Å²) in [6.07, 6.45) is -3.32. The third-order valence-electron chi connectivity index (χ3n) is 4.86. The fraction of sp³-hybridized carbons (Fsp3) is 0.333. The van der Waals surface area contributed by atoms with Crippen LogP contribution in [0.15, 0.2) is 48.5 Å². The van der Waals surface area contributed by atoms with Crippen molar-refractivity contribution in [2.75, 3.05) is 30.8 Å². The Kier molecular flexibility index (Phi) is 6.61. The molecule has 2 aromatic rings. The van der Waals surface area contributed by atoms with Crippen LogP contribution in [0.2, 0.25) is 0 Å². The van der Waals surface area contributed by atoms with E-state index in [0.717, 1.165) is 32.0 Å². The average Bonchev–Trinajstić information content (AvgIpc) is 2.68. The lowest BCUT2D eigenvalue weighted by molar-refractivity contribution is -0.274. The quantitative estimate of drug-likeness (QED) is 0.684. The van der Waals surface area contributed by atoms with E-state index in [1.807, 2.05) is 7.05 Å². The van der Waals surface area contributed by atoms with Gasteiger partial charge in [-0.05, 0) is 57.2 Å². The predicted molar refractivity (Wildman–Crippen MR) is 107 cm³/mol. The van der Waals surface area contributed by atoms with Crippen LogP contribution >= 0.6 is 0 Å². The molecule has 0 bridgehead atoms. The number of ketones is 1. The molecule has 0 atom stereocenters. The molecular formula is C21H22F3N3O3. The molecule has 1 fully saturated rings. The monoisotopic (exact) mass is 421 g/mol. The molecule has 0 aromatic heterocycles. The normalized spacial score (nSPS) is 15.5. The number of Topliss-reactive ketones (excluding diaryl/α,β-unsaturated/α-hetero) is 1. The Hall–Kier alpha value is -3.07. The number of hydrogen-bond acceptors (Lipinski definition) is 4. The van der Waals surface area contributed by atoms with Crippen molar-refractivity contribution < 1.29 is 27.5 Å². The van der Waals surface area contributed by atoms with Crippen molar-refractivity contribution in [3.8, 4) is 5.75 Å².